The van der Waals surface area contributed by atoms with Crippen molar-refractivity contribution in [2.75, 3.05) is 9.80 Å². The summed E-state index contributed by atoms with van der Waals surface area (Å²) in [6.45, 7) is 9.32. The summed E-state index contributed by atoms with van der Waals surface area (Å²) in [5, 5.41) is 4.95. The van der Waals surface area contributed by atoms with Crippen LogP contribution in [0.5, 0.6) is 0 Å². The van der Waals surface area contributed by atoms with Crippen LogP contribution in [0.15, 0.2) is 170 Å². The molecule has 8 aromatic carbocycles. The van der Waals surface area contributed by atoms with Crippen molar-refractivity contribution in [1.29, 1.82) is 0 Å². The van der Waals surface area contributed by atoms with Crippen LogP contribution in [0, 0.1) is 13.8 Å². The fraction of sp³-hybridized carbons (Fsp3) is 0.102. The number of rotatable bonds is 6. The molecule has 8 aromatic rings. The zero-order valence-electron chi connectivity index (χ0n) is 29.6. The SMILES string of the molecule is Cc1cc2c(cc1N(c1ccccc1)c1cccc3ccccc13)C(C)(C)c1cc(N(c3ccccc3)c3cccc4ccccc34)c(C)cc1-2. The molecule has 0 bridgehead atoms. The predicted molar refractivity (Wildman–Crippen MR) is 218 cm³/mol. The number of hydrogen-bond acceptors (Lipinski definition) is 2. The van der Waals surface area contributed by atoms with Crippen LogP contribution >= 0.6 is 0 Å². The lowest BCUT2D eigenvalue weighted by Gasteiger charge is -2.31. The maximum Gasteiger partial charge on any atom is 0.0540 e. The Kier molecular flexibility index (Phi) is 7.29. The van der Waals surface area contributed by atoms with Crippen LogP contribution in [0.1, 0.15) is 36.1 Å². The molecule has 9 rings (SSSR count). The van der Waals surface area contributed by atoms with Gasteiger partial charge in [0.25, 0.3) is 0 Å². The molecule has 0 saturated heterocycles. The molecule has 0 aromatic heterocycles. The summed E-state index contributed by atoms with van der Waals surface area (Å²) >= 11 is 0. The van der Waals surface area contributed by atoms with E-state index in [1.165, 1.54) is 77.7 Å². The topological polar surface area (TPSA) is 6.48 Å². The Morgan fingerprint density at radius 2 is 0.745 bits per heavy atom. The van der Waals surface area contributed by atoms with Gasteiger partial charge in [-0.1, -0.05) is 123 Å². The highest BCUT2D eigenvalue weighted by atomic mass is 15.2. The van der Waals surface area contributed by atoms with E-state index in [4.69, 9.17) is 0 Å². The van der Waals surface area contributed by atoms with Gasteiger partial charge in [0, 0.05) is 38.9 Å². The van der Waals surface area contributed by atoms with Crippen LogP contribution in [0.3, 0.4) is 0 Å². The fourth-order valence-corrected chi connectivity index (χ4v) is 8.28. The standard InChI is InChI=1S/C49H40N2/c1-33-29-41-42-30-34(2)48(51(38-23-9-6-10-24-38)46-28-16-20-36-18-12-14-26-40(36)46)32-44(42)49(3,4)43(41)31-47(33)50(37-21-7-5-8-22-37)45-27-15-19-35-17-11-13-25-39(35)45/h5-32H,1-4H3. The predicted octanol–water partition coefficient (Wildman–Crippen LogP) is 13.9. The summed E-state index contributed by atoms with van der Waals surface area (Å²) in [6.07, 6.45) is 0. The molecule has 0 heterocycles. The maximum atomic E-state index is 2.47. The van der Waals surface area contributed by atoms with E-state index < -0.39 is 0 Å². The summed E-state index contributed by atoms with van der Waals surface area (Å²) in [5.41, 5.74) is 14.7. The van der Waals surface area contributed by atoms with Crippen LogP contribution in [0.25, 0.3) is 32.7 Å². The average Bonchev–Trinajstić information content (AvgIpc) is 3.37. The van der Waals surface area contributed by atoms with Gasteiger partial charge in [0.15, 0.2) is 0 Å². The van der Waals surface area contributed by atoms with Crippen molar-refractivity contribution in [3.63, 3.8) is 0 Å². The minimum atomic E-state index is -0.224. The normalized spacial score (nSPS) is 12.9. The fourth-order valence-electron chi connectivity index (χ4n) is 8.28. The summed E-state index contributed by atoms with van der Waals surface area (Å²) in [6, 6.07) is 62.0. The van der Waals surface area contributed by atoms with E-state index in [2.05, 4.69) is 207 Å². The van der Waals surface area contributed by atoms with E-state index in [-0.39, 0.29) is 5.41 Å². The minimum Gasteiger partial charge on any atom is -0.310 e. The molecular weight excluding hydrogens is 617 g/mol. The number of anilines is 6. The summed E-state index contributed by atoms with van der Waals surface area (Å²) in [4.78, 5) is 4.90. The molecule has 1 aliphatic rings. The Bertz CT molecular complexity index is 2390. The molecule has 0 radical (unpaired) electrons. The molecule has 1 aliphatic carbocycles. The first-order valence-corrected chi connectivity index (χ1v) is 17.9. The lowest BCUT2D eigenvalue weighted by molar-refractivity contribution is 0.660. The van der Waals surface area contributed by atoms with Crippen LogP contribution in [0.4, 0.5) is 34.1 Å². The van der Waals surface area contributed by atoms with Crippen molar-refractivity contribution in [3.05, 3.63) is 192 Å². The smallest absolute Gasteiger partial charge is 0.0540 e. The van der Waals surface area contributed by atoms with E-state index >= 15 is 0 Å². The van der Waals surface area contributed by atoms with Gasteiger partial charge in [-0.3, -0.25) is 0 Å². The Morgan fingerprint density at radius 1 is 0.373 bits per heavy atom. The van der Waals surface area contributed by atoms with Crippen molar-refractivity contribution in [2.24, 2.45) is 0 Å². The van der Waals surface area contributed by atoms with Crippen molar-refractivity contribution in [2.45, 2.75) is 33.1 Å². The zero-order valence-corrected chi connectivity index (χ0v) is 29.6. The van der Waals surface area contributed by atoms with Gasteiger partial charge in [-0.2, -0.15) is 0 Å². The molecule has 0 N–H and O–H groups in total. The maximum absolute atomic E-state index is 2.47. The second-order valence-electron chi connectivity index (χ2n) is 14.3. The molecular formula is C49H40N2. The highest BCUT2D eigenvalue weighted by molar-refractivity contribution is 6.01. The second kappa shape index (κ2) is 12.0. The van der Waals surface area contributed by atoms with Gasteiger partial charge < -0.3 is 9.80 Å². The molecule has 0 unspecified atom stereocenters. The van der Waals surface area contributed by atoms with Crippen molar-refractivity contribution < 1.29 is 0 Å². The largest absolute Gasteiger partial charge is 0.310 e. The number of fused-ring (bicyclic) bond motifs is 5. The van der Waals surface area contributed by atoms with E-state index in [9.17, 15) is 0 Å². The number of aryl methyl sites for hydroxylation is 2. The Morgan fingerprint density at radius 3 is 1.18 bits per heavy atom. The van der Waals surface area contributed by atoms with Crippen molar-refractivity contribution >= 4 is 55.7 Å². The number of benzene rings is 8. The zero-order chi connectivity index (χ0) is 34.7. The van der Waals surface area contributed by atoms with Gasteiger partial charge in [0.1, 0.15) is 0 Å². The summed E-state index contributed by atoms with van der Waals surface area (Å²) in [5.74, 6) is 0. The molecule has 2 nitrogen and oxygen atoms in total. The lowest BCUT2D eigenvalue weighted by Crippen LogP contribution is -2.18. The number of para-hydroxylation sites is 2. The van der Waals surface area contributed by atoms with Gasteiger partial charge in [-0.25, -0.2) is 0 Å². The number of hydrogen-bond donors (Lipinski definition) is 0. The minimum absolute atomic E-state index is 0.224. The molecule has 0 saturated carbocycles. The lowest BCUT2D eigenvalue weighted by atomic mass is 9.81. The molecule has 0 aliphatic heterocycles. The van der Waals surface area contributed by atoms with E-state index in [0.717, 1.165) is 11.4 Å². The third-order valence-corrected chi connectivity index (χ3v) is 10.8. The molecule has 246 valence electrons. The van der Waals surface area contributed by atoms with Gasteiger partial charge in [0.2, 0.25) is 0 Å². The van der Waals surface area contributed by atoms with Gasteiger partial charge in [0.05, 0.1) is 11.4 Å². The molecule has 0 fully saturated rings. The van der Waals surface area contributed by atoms with Gasteiger partial charge in [-0.15, -0.1) is 0 Å². The Balaban J connectivity index is 1.23. The van der Waals surface area contributed by atoms with Crippen LogP contribution in [0.2, 0.25) is 0 Å². The average molecular weight is 657 g/mol. The molecule has 51 heavy (non-hydrogen) atoms. The summed E-state index contributed by atoms with van der Waals surface area (Å²) in [7, 11) is 0. The molecule has 2 heteroatoms. The first-order valence-electron chi connectivity index (χ1n) is 17.9. The second-order valence-corrected chi connectivity index (χ2v) is 14.3. The van der Waals surface area contributed by atoms with Gasteiger partial charge in [-0.05, 0) is 119 Å². The quantitative estimate of drug-likeness (QED) is 0.176. The van der Waals surface area contributed by atoms with Crippen molar-refractivity contribution in [3.8, 4) is 11.1 Å². The molecule has 0 amide bonds. The van der Waals surface area contributed by atoms with Crippen LogP contribution in [-0.2, 0) is 5.41 Å². The van der Waals surface area contributed by atoms with Crippen LogP contribution < -0.4 is 9.80 Å². The highest BCUT2D eigenvalue weighted by Crippen LogP contribution is 2.54. The first-order chi connectivity index (χ1) is 24.9. The van der Waals surface area contributed by atoms with Gasteiger partial charge >= 0.3 is 0 Å². The third-order valence-electron chi connectivity index (χ3n) is 10.8. The van der Waals surface area contributed by atoms with E-state index in [0.29, 0.717) is 0 Å². The Labute approximate surface area is 300 Å². The van der Waals surface area contributed by atoms with E-state index in [1.54, 1.807) is 0 Å². The highest BCUT2D eigenvalue weighted by Gasteiger charge is 2.38. The monoisotopic (exact) mass is 656 g/mol. The number of nitrogens with zero attached hydrogens (tertiary/aromatic N) is 2. The van der Waals surface area contributed by atoms with Crippen molar-refractivity contribution in [1.82, 2.24) is 0 Å². The Hall–Kier alpha value is -6.12. The summed E-state index contributed by atoms with van der Waals surface area (Å²) < 4.78 is 0. The van der Waals surface area contributed by atoms with E-state index in [1.807, 2.05) is 0 Å². The molecule has 0 atom stereocenters. The third kappa shape index (κ3) is 5.02. The first kappa shape index (κ1) is 30.9. The van der Waals surface area contributed by atoms with Crippen LogP contribution in [-0.4, -0.2) is 0 Å². The molecule has 0 spiro atoms.